The molecule has 0 saturated carbocycles. The Morgan fingerprint density at radius 1 is 1.50 bits per heavy atom. The highest BCUT2D eigenvalue weighted by Gasteiger charge is 2.18. The van der Waals surface area contributed by atoms with Crippen LogP contribution in [0.15, 0.2) is 18.2 Å². The first kappa shape index (κ1) is 14.2. The summed E-state index contributed by atoms with van der Waals surface area (Å²) < 4.78 is 4.93. The third-order valence-corrected chi connectivity index (χ3v) is 2.99. The second kappa shape index (κ2) is 6.14. The summed E-state index contributed by atoms with van der Waals surface area (Å²) in [6.07, 6.45) is 1.26. The van der Waals surface area contributed by atoms with E-state index >= 15 is 0 Å². The number of hydrogen-bond acceptors (Lipinski definition) is 4. The molecular formula is C13H17NO4. The Morgan fingerprint density at radius 3 is 2.61 bits per heavy atom. The molecule has 0 aromatic heterocycles. The summed E-state index contributed by atoms with van der Waals surface area (Å²) in [6.45, 7) is 3.48. The van der Waals surface area contributed by atoms with E-state index in [0.29, 0.717) is 6.42 Å². The molecule has 1 unspecified atom stereocenters. The van der Waals surface area contributed by atoms with Crippen LogP contribution in [0.4, 0.5) is 5.69 Å². The number of nitro benzene ring substituents is 1. The number of methoxy groups -OCH3 is 1. The second-order valence-electron chi connectivity index (χ2n) is 4.18. The molecule has 0 fully saturated rings. The van der Waals surface area contributed by atoms with Crippen molar-refractivity contribution >= 4 is 11.5 Å². The molecule has 0 spiro atoms. The summed E-state index contributed by atoms with van der Waals surface area (Å²) in [4.78, 5) is 21.8. The van der Waals surface area contributed by atoms with Crippen LogP contribution >= 0.6 is 0 Å². The van der Waals surface area contributed by atoms with Crippen LogP contribution in [0.5, 0.6) is 5.75 Å². The minimum absolute atomic E-state index is 0.0617. The fourth-order valence-electron chi connectivity index (χ4n) is 1.87. The van der Waals surface area contributed by atoms with E-state index in [9.17, 15) is 14.9 Å². The first-order chi connectivity index (χ1) is 8.49. The molecule has 0 heterocycles. The van der Waals surface area contributed by atoms with E-state index in [1.165, 1.54) is 13.2 Å². The molecule has 5 heteroatoms. The van der Waals surface area contributed by atoms with Crippen LogP contribution in [0.25, 0.3) is 0 Å². The second-order valence-corrected chi connectivity index (χ2v) is 4.18. The van der Waals surface area contributed by atoms with Gasteiger partial charge in [-0.15, -0.1) is 0 Å². The van der Waals surface area contributed by atoms with Crippen molar-refractivity contribution in [2.24, 2.45) is 5.92 Å². The number of nitro groups is 1. The van der Waals surface area contributed by atoms with Crippen LogP contribution in [0, 0.1) is 16.0 Å². The fraction of sp³-hybridized carbons (Fsp3) is 0.462. The summed E-state index contributed by atoms with van der Waals surface area (Å²) in [5, 5.41) is 10.9. The van der Waals surface area contributed by atoms with Gasteiger partial charge in [0.1, 0.15) is 5.78 Å². The maximum Gasteiger partial charge on any atom is 0.311 e. The number of hydrogen-bond donors (Lipinski definition) is 0. The zero-order chi connectivity index (χ0) is 13.7. The lowest BCUT2D eigenvalue weighted by Gasteiger charge is -2.11. The molecule has 0 amide bonds. The van der Waals surface area contributed by atoms with Gasteiger partial charge in [0.25, 0.3) is 0 Å². The lowest BCUT2D eigenvalue weighted by molar-refractivity contribution is -0.385. The molecule has 0 N–H and O–H groups in total. The van der Waals surface area contributed by atoms with Crippen molar-refractivity contribution in [3.05, 3.63) is 33.9 Å². The average molecular weight is 251 g/mol. The number of nitrogens with zero attached hydrogens (tertiary/aromatic N) is 1. The van der Waals surface area contributed by atoms with Crippen molar-refractivity contribution in [1.82, 2.24) is 0 Å². The largest absolute Gasteiger partial charge is 0.490 e. The van der Waals surface area contributed by atoms with Gasteiger partial charge in [0.15, 0.2) is 5.75 Å². The standard InChI is InChI=1S/C13H17NO4/c1-4-11(9(2)15)7-10-5-6-13(18-3)12(8-10)14(16)17/h5-6,8,11H,4,7H2,1-3H3. The molecule has 0 aliphatic heterocycles. The van der Waals surface area contributed by atoms with Gasteiger partial charge in [-0.3, -0.25) is 14.9 Å². The van der Waals surface area contributed by atoms with Gasteiger partial charge in [-0.05, 0) is 31.4 Å². The highest BCUT2D eigenvalue weighted by atomic mass is 16.6. The molecule has 1 atom stereocenters. The summed E-state index contributed by atoms with van der Waals surface area (Å²) in [6, 6.07) is 4.81. The van der Waals surface area contributed by atoms with Crippen LogP contribution < -0.4 is 4.74 Å². The normalized spacial score (nSPS) is 11.9. The van der Waals surface area contributed by atoms with Gasteiger partial charge in [-0.2, -0.15) is 0 Å². The van der Waals surface area contributed by atoms with E-state index in [1.54, 1.807) is 19.1 Å². The van der Waals surface area contributed by atoms with Crippen molar-refractivity contribution in [3.63, 3.8) is 0 Å². The predicted octanol–water partition coefficient (Wildman–Crippen LogP) is 2.76. The van der Waals surface area contributed by atoms with E-state index in [-0.39, 0.29) is 23.1 Å². The topological polar surface area (TPSA) is 69.4 Å². The Bertz CT molecular complexity index is 456. The van der Waals surface area contributed by atoms with Gasteiger partial charge in [0, 0.05) is 12.0 Å². The number of ether oxygens (including phenoxy) is 1. The molecule has 0 bridgehead atoms. The molecule has 1 aromatic rings. The van der Waals surface area contributed by atoms with E-state index < -0.39 is 4.92 Å². The predicted molar refractivity (Wildman–Crippen MR) is 67.8 cm³/mol. The summed E-state index contributed by atoms with van der Waals surface area (Å²) >= 11 is 0. The minimum atomic E-state index is -0.475. The molecule has 98 valence electrons. The Labute approximate surface area is 106 Å². The van der Waals surface area contributed by atoms with Gasteiger partial charge in [-0.25, -0.2) is 0 Å². The molecular weight excluding hydrogens is 234 g/mol. The smallest absolute Gasteiger partial charge is 0.311 e. The van der Waals surface area contributed by atoms with Crippen molar-refractivity contribution in [3.8, 4) is 5.75 Å². The summed E-state index contributed by atoms with van der Waals surface area (Å²) in [5.41, 5.74) is 0.720. The zero-order valence-electron chi connectivity index (χ0n) is 10.8. The van der Waals surface area contributed by atoms with Crippen molar-refractivity contribution in [1.29, 1.82) is 0 Å². The number of ketones is 1. The quantitative estimate of drug-likeness (QED) is 0.575. The first-order valence-corrected chi connectivity index (χ1v) is 5.81. The third-order valence-electron chi connectivity index (χ3n) is 2.99. The van der Waals surface area contributed by atoms with E-state index in [4.69, 9.17) is 4.74 Å². The van der Waals surface area contributed by atoms with Crippen molar-refractivity contribution < 1.29 is 14.5 Å². The van der Waals surface area contributed by atoms with Gasteiger partial charge >= 0.3 is 5.69 Å². The van der Waals surface area contributed by atoms with Crippen LogP contribution in [0.2, 0.25) is 0 Å². The molecule has 1 rings (SSSR count). The third kappa shape index (κ3) is 3.29. The molecule has 18 heavy (non-hydrogen) atoms. The van der Waals surface area contributed by atoms with Crippen LogP contribution in [0.3, 0.4) is 0 Å². The number of benzene rings is 1. The van der Waals surface area contributed by atoms with E-state index in [1.807, 2.05) is 6.92 Å². The summed E-state index contributed by atoms with van der Waals surface area (Å²) in [7, 11) is 1.40. The van der Waals surface area contributed by atoms with Gasteiger partial charge in [0.2, 0.25) is 0 Å². The monoisotopic (exact) mass is 251 g/mol. The Hall–Kier alpha value is -1.91. The zero-order valence-corrected chi connectivity index (χ0v) is 10.8. The number of rotatable bonds is 6. The number of Topliss-reactive ketones (excluding diaryl/α,β-unsaturated/α-hetero) is 1. The van der Waals surface area contributed by atoms with Crippen molar-refractivity contribution in [2.75, 3.05) is 7.11 Å². The Morgan fingerprint density at radius 2 is 2.17 bits per heavy atom. The van der Waals surface area contributed by atoms with Gasteiger partial charge in [-0.1, -0.05) is 13.0 Å². The SMILES string of the molecule is CCC(Cc1ccc(OC)c([N+](=O)[O-])c1)C(C)=O. The lowest BCUT2D eigenvalue weighted by atomic mass is 9.93. The fourth-order valence-corrected chi connectivity index (χ4v) is 1.87. The number of carbonyl (C=O) groups excluding carboxylic acids is 1. The molecule has 0 aliphatic carbocycles. The van der Waals surface area contributed by atoms with Crippen LogP contribution in [-0.2, 0) is 11.2 Å². The Balaban J connectivity index is 3.01. The maximum absolute atomic E-state index is 11.4. The highest BCUT2D eigenvalue weighted by molar-refractivity contribution is 5.78. The van der Waals surface area contributed by atoms with E-state index in [2.05, 4.69) is 0 Å². The summed E-state index contributed by atoms with van der Waals surface area (Å²) in [5.74, 6) is 0.258. The highest BCUT2D eigenvalue weighted by Crippen LogP contribution is 2.28. The van der Waals surface area contributed by atoms with Crippen LogP contribution in [0.1, 0.15) is 25.8 Å². The maximum atomic E-state index is 11.4. The molecule has 0 saturated heterocycles. The lowest BCUT2D eigenvalue weighted by Crippen LogP contribution is -2.12. The van der Waals surface area contributed by atoms with Gasteiger partial charge < -0.3 is 4.74 Å². The van der Waals surface area contributed by atoms with Crippen LogP contribution in [-0.4, -0.2) is 17.8 Å². The first-order valence-electron chi connectivity index (χ1n) is 5.81. The van der Waals surface area contributed by atoms with E-state index in [0.717, 1.165) is 12.0 Å². The molecule has 1 aromatic carbocycles. The van der Waals surface area contributed by atoms with Crippen molar-refractivity contribution in [2.45, 2.75) is 26.7 Å². The molecule has 0 radical (unpaired) electrons. The molecule has 5 nitrogen and oxygen atoms in total. The number of carbonyl (C=O) groups is 1. The molecule has 0 aliphatic rings. The van der Waals surface area contributed by atoms with Gasteiger partial charge in [0.05, 0.1) is 12.0 Å². The Kier molecular flexibility index (Phi) is 4.83. The minimum Gasteiger partial charge on any atom is -0.490 e. The average Bonchev–Trinajstić information content (AvgIpc) is 2.35.